The average molecular weight is 319 g/mol. The van der Waals surface area contributed by atoms with Crippen LogP contribution in [0.15, 0.2) is 12.1 Å². The SMILES string of the molecule is Cc1cc2c(cc1C#CCBr)C(C)(C)CCC2(C)C. The lowest BCUT2D eigenvalue weighted by Crippen LogP contribution is -2.34. The van der Waals surface area contributed by atoms with Gasteiger partial charge in [-0.3, -0.25) is 0 Å². The van der Waals surface area contributed by atoms with Crippen LogP contribution >= 0.6 is 15.9 Å². The second kappa shape index (κ2) is 4.98. The Kier molecular flexibility index (Phi) is 3.85. The molecule has 0 atom stereocenters. The van der Waals surface area contributed by atoms with Crippen LogP contribution in [0.3, 0.4) is 0 Å². The first-order valence-corrected chi connectivity index (χ1v) is 8.10. The molecular weight excluding hydrogens is 296 g/mol. The van der Waals surface area contributed by atoms with Crippen molar-refractivity contribution < 1.29 is 0 Å². The summed E-state index contributed by atoms with van der Waals surface area (Å²) < 4.78 is 0. The summed E-state index contributed by atoms with van der Waals surface area (Å²) in [4.78, 5) is 0. The predicted molar refractivity (Wildman–Crippen MR) is 87.1 cm³/mol. The van der Waals surface area contributed by atoms with E-state index in [0.29, 0.717) is 0 Å². The molecule has 2 rings (SSSR count). The van der Waals surface area contributed by atoms with E-state index >= 15 is 0 Å². The molecular formula is C18H23Br. The number of hydrogen-bond donors (Lipinski definition) is 0. The van der Waals surface area contributed by atoms with E-state index in [1.807, 2.05) is 0 Å². The third-order valence-electron chi connectivity index (χ3n) is 4.49. The van der Waals surface area contributed by atoms with Crippen molar-refractivity contribution >= 4 is 15.9 Å². The van der Waals surface area contributed by atoms with Gasteiger partial charge >= 0.3 is 0 Å². The molecule has 1 aliphatic carbocycles. The van der Waals surface area contributed by atoms with Crippen LogP contribution in [0.5, 0.6) is 0 Å². The van der Waals surface area contributed by atoms with E-state index in [2.05, 4.69) is 74.5 Å². The van der Waals surface area contributed by atoms with E-state index in [1.54, 1.807) is 0 Å². The van der Waals surface area contributed by atoms with E-state index in [1.165, 1.54) is 35.1 Å². The van der Waals surface area contributed by atoms with Crippen molar-refractivity contribution in [2.24, 2.45) is 0 Å². The van der Waals surface area contributed by atoms with Gasteiger partial charge in [0.1, 0.15) is 0 Å². The van der Waals surface area contributed by atoms with Crippen molar-refractivity contribution in [1.82, 2.24) is 0 Å². The minimum absolute atomic E-state index is 0.267. The molecule has 0 radical (unpaired) electrons. The first-order chi connectivity index (χ1) is 8.78. The Labute approximate surface area is 126 Å². The first-order valence-electron chi connectivity index (χ1n) is 6.98. The monoisotopic (exact) mass is 318 g/mol. The lowest BCUT2D eigenvalue weighted by molar-refractivity contribution is 0.331. The van der Waals surface area contributed by atoms with Crippen molar-refractivity contribution in [3.8, 4) is 11.8 Å². The molecule has 0 aliphatic heterocycles. The van der Waals surface area contributed by atoms with Crippen LogP contribution in [0.4, 0.5) is 0 Å². The Morgan fingerprint density at radius 3 is 2.11 bits per heavy atom. The van der Waals surface area contributed by atoms with Crippen LogP contribution in [0.2, 0.25) is 0 Å². The molecule has 0 aromatic heterocycles. The highest BCUT2D eigenvalue weighted by molar-refractivity contribution is 9.09. The maximum absolute atomic E-state index is 3.37. The van der Waals surface area contributed by atoms with Gasteiger partial charge in [0.2, 0.25) is 0 Å². The van der Waals surface area contributed by atoms with Crippen molar-refractivity contribution in [1.29, 1.82) is 0 Å². The second-order valence-electron chi connectivity index (χ2n) is 6.92. The highest BCUT2D eigenvalue weighted by Gasteiger charge is 2.37. The molecule has 0 fully saturated rings. The van der Waals surface area contributed by atoms with E-state index in [-0.39, 0.29) is 10.8 Å². The summed E-state index contributed by atoms with van der Waals surface area (Å²) in [5.41, 5.74) is 6.06. The number of halogens is 1. The molecule has 0 spiro atoms. The van der Waals surface area contributed by atoms with Crippen LogP contribution < -0.4 is 0 Å². The van der Waals surface area contributed by atoms with Crippen LogP contribution in [-0.4, -0.2) is 5.33 Å². The summed E-state index contributed by atoms with van der Waals surface area (Å²) in [7, 11) is 0. The Hall–Kier alpha value is -0.740. The summed E-state index contributed by atoms with van der Waals surface area (Å²) in [5, 5.41) is 0.735. The van der Waals surface area contributed by atoms with Gasteiger partial charge in [-0.25, -0.2) is 0 Å². The van der Waals surface area contributed by atoms with Gasteiger partial charge in [0, 0.05) is 5.56 Å². The zero-order valence-electron chi connectivity index (χ0n) is 12.7. The molecule has 1 aromatic carbocycles. The molecule has 0 amide bonds. The summed E-state index contributed by atoms with van der Waals surface area (Å²) in [6.07, 6.45) is 2.51. The number of alkyl halides is 1. The minimum atomic E-state index is 0.267. The molecule has 0 saturated heterocycles. The fourth-order valence-electron chi connectivity index (χ4n) is 2.99. The molecule has 0 unspecified atom stereocenters. The summed E-state index contributed by atoms with van der Waals surface area (Å²) in [5.74, 6) is 6.41. The van der Waals surface area contributed by atoms with E-state index in [9.17, 15) is 0 Å². The summed E-state index contributed by atoms with van der Waals surface area (Å²) >= 11 is 3.37. The van der Waals surface area contributed by atoms with Crippen LogP contribution in [-0.2, 0) is 10.8 Å². The highest BCUT2D eigenvalue weighted by atomic mass is 79.9. The van der Waals surface area contributed by atoms with E-state index in [4.69, 9.17) is 0 Å². The third-order valence-corrected chi connectivity index (χ3v) is 4.77. The molecule has 1 heteroatoms. The van der Waals surface area contributed by atoms with Crippen molar-refractivity contribution in [2.75, 3.05) is 5.33 Å². The Morgan fingerprint density at radius 2 is 1.58 bits per heavy atom. The molecule has 1 aromatic rings. The largest absolute Gasteiger partial charge is 0.0863 e. The lowest BCUT2D eigenvalue weighted by Gasteiger charge is -2.42. The molecule has 102 valence electrons. The first kappa shape index (κ1) is 14.7. The topological polar surface area (TPSA) is 0 Å². The van der Waals surface area contributed by atoms with Gasteiger partial charge < -0.3 is 0 Å². The van der Waals surface area contributed by atoms with Gasteiger partial charge in [0.05, 0.1) is 5.33 Å². The molecule has 0 nitrogen and oxygen atoms in total. The van der Waals surface area contributed by atoms with E-state index in [0.717, 1.165) is 5.33 Å². The average Bonchev–Trinajstić information content (AvgIpc) is 2.33. The second-order valence-corrected chi connectivity index (χ2v) is 7.48. The van der Waals surface area contributed by atoms with Crippen LogP contribution in [0, 0.1) is 18.8 Å². The smallest absolute Gasteiger partial charge is 0.0649 e. The van der Waals surface area contributed by atoms with Crippen molar-refractivity contribution in [2.45, 2.75) is 58.3 Å². The number of hydrogen-bond acceptors (Lipinski definition) is 0. The quantitative estimate of drug-likeness (QED) is 0.461. The molecule has 19 heavy (non-hydrogen) atoms. The van der Waals surface area contributed by atoms with Gasteiger partial charge in [-0.05, 0) is 53.4 Å². The molecule has 0 N–H and O–H groups in total. The fraction of sp³-hybridized carbons (Fsp3) is 0.556. The number of fused-ring (bicyclic) bond motifs is 1. The number of rotatable bonds is 0. The summed E-state index contributed by atoms with van der Waals surface area (Å²) in [6, 6.07) is 4.70. The maximum atomic E-state index is 3.37. The van der Waals surface area contributed by atoms with Gasteiger partial charge in [-0.2, -0.15) is 0 Å². The predicted octanol–water partition coefficient (Wildman–Crippen LogP) is 5.09. The Bertz CT molecular complexity index is 553. The third kappa shape index (κ3) is 2.75. The summed E-state index contributed by atoms with van der Waals surface area (Å²) in [6.45, 7) is 11.6. The fourth-order valence-corrected chi connectivity index (χ4v) is 3.13. The van der Waals surface area contributed by atoms with Crippen molar-refractivity contribution in [3.63, 3.8) is 0 Å². The molecule has 0 saturated carbocycles. The number of aryl methyl sites for hydroxylation is 1. The van der Waals surface area contributed by atoms with Gasteiger partial charge in [-0.15, -0.1) is 0 Å². The zero-order valence-corrected chi connectivity index (χ0v) is 14.2. The molecule has 1 aliphatic rings. The normalized spacial score (nSPS) is 19.3. The van der Waals surface area contributed by atoms with Gasteiger partial charge in [0.15, 0.2) is 0 Å². The van der Waals surface area contributed by atoms with Gasteiger partial charge in [-0.1, -0.05) is 61.5 Å². The lowest BCUT2D eigenvalue weighted by atomic mass is 9.62. The van der Waals surface area contributed by atoms with E-state index < -0.39 is 0 Å². The molecule has 0 heterocycles. The highest BCUT2D eigenvalue weighted by Crippen LogP contribution is 2.46. The molecule has 0 bridgehead atoms. The number of benzene rings is 1. The Morgan fingerprint density at radius 1 is 1.05 bits per heavy atom. The van der Waals surface area contributed by atoms with Crippen LogP contribution in [0.1, 0.15) is 62.8 Å². The van der Waals surface area contributed by atoms with Crippen LogP contribution in [0.25, 0.3) is 0 Å². The zero-order chi connectivity index (χ0) is 14.3. The van der Waals surface area contributed by atoms with Gasteiger partial charge in [0.25, 0.3) is 0 Å². The minimum Gasteiger partial charge on any atom is -0.0863 e. The Balaban J connectivity index is 2.65. The maximum Gasteiger partial charge on any atom is 0.0649 e. The standard InChI is InChI=1S/C18H23Br/c1-13-11-15-16(12-14(13)7-6-10-19)18(4,5)9-8-17(15,2)3/h11-12H,8-10H2,1-5H3. The van der Waals surface area contributed by atoms with Crippen molar-refractivity contribution in [3.05, 3.63) is 34.4 Å².